The first kappa shape index (κ1) is 10.6. The van der Waals surface area contributed by atoms with Crippen molar-refractivity contribution in [1.82, 2.24) is 0 Å². The van der Waals surface area contributed by atoms with Gasteiger partial charge >= 0.3 is 12.3 Å². The molecule has 0 aliphatic heterocycles. The van der Waals surface area contributed by atoms with E-state index in [1.165, 1.54) is 0 Å². The van der Waals surface area contributed by atoms with Crippen molar-refractivity contribution in [3.05, 3.63) is 6.92 Å². The third-order valence-corrected chi connectivity index (χ3v) is 0.858. The van der Waals surface area contributed by atoms with Gasteiger partial charge < -0.3 is 4.74 Å². The Morgan fingerprint density at radius 3 is 2.00 bits per heavy atom. The highest BCUT2D eigenvalue weighted by atomic mass is 19.3. The van der Waals surface area contributed by atoms with Crippen molar-refractivity contribution in [3.8, 4) is 0 Å². The van der Waals surface area contributed by atoms with Crippen LogP contribution in [0.5, 0.6) is 0 Å². The van der Waals surface area contributed by atoms with Crippen LogP contribution in [0.4, 0.5) is 22.0 Å². The van der Waals surface area contributed by atoms with Gasteiger partial charge in [0.15, 0.2) is 0 Å². The summed E-state index contributed by atoms with van der Waals surface area (Å²) >= 11 is 0. The molecule has 6 heteroatoms. The minimum atomic E-state index is -4.75. The number of hydrogen-bond acceptors (Lipinski definition) is 1. The number of alkyl halides is 5. The molecule has 0 N–H and O–H groups in total. The molecule has 0 amide bonds. The second-order valence-electron chi connectivity index (χ2n) is 1.66. The number of hydrogen-bond donors (Lipinski definition) is 0. The fourth-order valence-corrected chi connectivity index (χ4v) is 0.314. The Hall–Kier alpha value is -0.390. The van der Waals surface area contributed by atoms with Crippen LogP contribution in [0.3, 0.4) is 0 Å². The quantitative estimate of drug-likeness (QED) is 0.597. The molecule has 0 aromatic heterocycles. The molecular formula is C5H6F5O. The highest BCUT2D eigenvalue weighted by Crippen LogP contribution is 2.29. The maximum Gasteiger partial charge on any atom is 0.361 e. The average molecular weight is 177 g/mol. The van der Waals surface area contributed by atoms with Crippen LogP contribution in [0, 0.1) is 6.92 Å². The number of halogens is 5. The lowest BCUT2D eigenvalue weighted by molar-refractivity contribution is -0.245. The summed E-state index contributed by atoms with van der Waals surface area (Å²) in [6.07, 6.45) is -7.36. The zero-order valence-electron chi connectivity index (χ0n) is 5.37. The molecule has 0 aromatic carbocycles. The van der Waals surface area contributed by atoms with Gasteiger partial charge in [-0.05, 0) is 6.92 Å². The highest BCUT2D eigenvalue weighted by molar-refractivity contribution is 4.72. The Morgan fingerprint density at radius 2 is 1.73 bits per heavy atom. The van der Waals surface area contributed by atoms with Crippen molar-refractivity contribution in [2.24, 2.45) is 0 Å². The lowest BCUT2D eigenvalue weighted by Crippen LogP contribution is -2.39. The standard InChI is InChI=1S/C5H6F5O/c1-2-11-4(8)5(9,10)3(6)7/h3-4H,1-2H2. The molecule has 0 bridgehead atoms. The zero-order chi connectivity index (χ0) is 9.07. The fraction of sp³-hybridized carbons (Fsp3) is 0.800. The Bertz CT molecular complexity index is 115. The third kappa shape index (κ3) is 2.61. The summed E-state index contributed by atoms with van der Waals surface area (Å²) in [7, 11) is 0. The van der Waals surface area contributed by atoms with E-state index in [0.29, 0.717) is 0 Å². The predicted molar refractivity (Wildman–Crippen MR) is 27.2 cm³/mol. The van der Waals surface area contributed by atoms with Gasteiger partial charge in [-0.15, -0.1) is 0 Å². The van der Waals surface area contributed by atoms with Gasteiger partial charge in [0.2, 0.25) is 0 Å². The lowest BCUT2D eigenvalue weighted by Gasteiger charge is -2.18. The van der Waals surface area contributed by atoms with Crippen molar-refractivity contribution < 1.29 is 26.7 Å². The second kappa shape index (κ2) is 3.85. The van der Waals surface area contributed by atoms with E-state index in [1.54, 1.807) is 0 Å². The van der Waals surface area contributed by atoms with E-state index in [1.807, 2.05) is 0 Å². The van der Waals surface area contributed by atoms with E-state index in [-0.39, 0.29) is 0 Å². The van der Waals surface area contributed by atoms with E-state index >= 15 is 0 Å². The molecule has 0 fully saturated rings. The van der Waals surface area contributed by atoms with Crippen molar-refractivity contribution >= 4 is 0 Å². The Morgan fingerprint density at radius 1 is 1.27 bits per heavy atom. The van der Waals surface area contributed by atoms with Gasteiger partial charge in [-0.25, -0.2) is 13.2 Å². The number of rotatable bonds is 4. The Labute approximate surface area is 60.1 Å². The summed E-state index contributed by atoms with van der Waals surface area (Å²) in [6, 6.07) is 0. The van der Waals surface area contributed by atoms with Crippen molar-refractivity contribution in [2.75, 3.05) is 6.61 Å². The summed E-state index contributed by atoms with van der Waals surface area (Å²) in [5, 5.41) is 0. The maximum atomic E-state index is 11.9. The van der Waals surface area contributed by atoms with Crippen LogP contribution in [0.2, 0.25) is 0 Å². The third-order valence-electron chi connectivity index (χ3n) is 0.858. The van der Waals surface area contributed by atoms with E-state index in [0.717, 1.165) is 0 Å². The molecule has 11 heavy (non-hydrogen) atoms. The van der Waals surface area contributed by atoms with Gasteiger partial charge in [-0.1, -0.05) is 0 Å². The van der Waals surface area contributed by atoms with Crippen LogP contribution in [-0.4, -0.2) is 25.3 Å². The first-order chi connectivity index (χ1) is 4.92. The predicted octanol–water partition coefficient (Wildman–Crippen LogP) is 2.03. The average Bonchev–Trinajstić information content (AvgIpc) is 1.88. The minimum absolute atomic E-state index is 0.622. The molecule has 67 valence electrons. The monoisotopic (exact) mass is 177 g/mol. The number of ether oxygens (including phenoxy) is 1. The van der Waals surface area contributed by atoms with Gasteiger partial charge in [-0.3, -0.25) is 0 Å². The highest BCUT2D eigenvalue weighted by Gasteiger charge is 2.50. The molecule has 0 saturated carbocycles. The van der Waals surface area contributed by atoms with Crippen LogP contribution >= 0.6 is 0 Å². The minimum Gasteiger partial charge on any atom is -0.343 e. The zero-order valence-corrected chi connectivity index (χ0v) is 5.37. The van der Waals surface area contributed by atoms with E-state index in [2.05, 4.69) is 11.7 Å². The summed E-state index contributed by atoms with van der Waals surface area (Å²) in [5.74, 6) is -4.75. The summed E-state index contributed by atoms with van der Waals surface area (Å²) in [5.41, 5.74) is 0. The SMILES string of the molecule is [CH2]COC(F)C(F)(F)C(F)F. The van der Waals surface area contributed by atoms with Crippen molar-refractivity contribution in [3.63, 3.8) is 0 Å². The lowest BCUT2D eigenvalue weighted by atomic mass is 10.3. The summed E-state index contributed by atoms with van der Waals surface area (Å²) in [4.78, 5) is 0. The molecule has 0 aliphatic carbocycles. The smallest absolute Gasteiger partial charge is 0.343 e. The van der Waals surface area contributed by atoms with Crippen LogP contribution in [-0.2, 0) is 4.74 Å². The van der Waals surface area contributed by atoms with Crippen LogP contribution in [0.1, 0.15) is 0 Å². The molecule has 1 unspecified atom stereocenters. The second-order valence-corrected chi connectivity index (χ2v) is 1.66. The van der Waals surface area contributed by atoms with Gasteiger partial charge in [0.25, 0.3) is 6.36 Å². The first-order valence-electron chi connectivity index (χ1n) is 2.63. The molecule has 0 spiro atoms. The Balaban J connectivity index is 4.05. The van der Waals surface area contributed by atoms with E-state index in [4.69, 9.17) is 0 Å². The molecule has 0 rings (SSSR count). The molecule has 0 aromatic rings. The van der Waals surface area contributed by atoms with Gasteiger partial charge in [-0.2, -0.15) is 8.78 Å². The molecule has 1 radical (unpaired) electrons. The van der Waals surface area contributed by atoms with Gasteiger partial charge in [0, 0.05) is 0 Å². The molecule has 0 saturated heterocycles. The van der Waals surface area contributed by atoms with E-state index < -0.39 is 25.3 Å². The van der Waals surface area contributed by atoms with Crippen LogP contribution in [0.15, 0.2) is 0 Å². The molecule has 0 heterocycles. The maximum absolute atomic E-state index is 11.9. The normalized spacial score (nSPS) is 15.5. The van der Waals surface area contributed by atoms with Crippen molar-refractivity contribution in [1.29, 1.82) is 0 Å². The van der Waals surface area contributed by atoms with Crippen LogP contribution in [0.25, 0.3) is 0 Å². The topological polar surface area (TPSA) is 9.23 Å². The summed E-state index contributed by atoms with van der Waals surface area (Å²) < 4.78 is 61.8. The van der Waals surface area contributed by atoms with Crippen molar-refractivity contribution in [2.45, 2.75) is 18.7 Å². The molecule has 1 atom stereocenters. The summed E-state index contributed by atoms with van der Waals surface area (Å²) in [6.45, 7) is 2.24. The van der Waals surface area contributed by atoms with Crippen LogP contribution < -0.4 is 0 Å². The molecule has 1 nitrogen and oxygen atoms in total. The molecular weight excluding hydrogens is 171 g/mol. The Kier molecular flexibility index (Phi) is 3.71. The largest absolute Gasteiger partial charge is 0.361 e. The van der Waals surface area contributed by atoms with Gasteiger partial charge in [0.05, 0.1) is 6.61 Å². The first-order valence-corrected chi connectivity index (χ1v) is 2.63. The molecule has 0 aliphatic rings. The van der Waals surface area contributed by atoms with E-state index in [9.17, 15) is 22.0 Å². The van der Waals surface area contributed by atoms with Gasteiger partial charge in [0.1, 0.15) is 0 Å². The fourth-order valence-electron chi connectivity index (χ4n) is 0.314.